The van der Waals surface area contributed by atoms with Gasteiger partial charge in [-0.2, -0.15) is 0 Å². The van der Waals surface area contributed by atoms with Crippen molar-refractivity contribution in [3.8, 4) is 0 Å². The number of hydrogen-bond acceptors (Lipinski definition) is 3. The lowest BCUT2D eigenvalue weighted by Gasteiger charge is -2.01. The molecule has 1 aromatic carbocycles. The molecule has 0 saturated carbocycles. The maximum absolute atomic E-state index is 11.3. The van der Waals surface area contributed by atoms with Gasteiger partial charge in [0.15, 0.2) is 9.84 Å². The van der Waals surface area contributed by atoms with E-state index in [1.165, 1.54) is 5.56 Å². The zero-order valence-electron chi connectivity index (χ0n) is 10.1. The van der Waals surface area contributed by atoms with Gasteiger partial charge in [0.2, 0.25) is 0 Å². The Hall–Kier alpha value is -1.16. The van der Waals surface area contributed by atoms with Gasteiger partial charge >= 0.3 is 0 Å². The number of rotatable bonds is 7. The highest BCUT2D eigenvalue weighted by Gasteiger charge is 2.10. The number of sulfone groups is 1. The van der Waals surface area contributed by atoms with E-state index in [0.717, 1.165) is 25.5 Å². The average Bonchev–Trinajstić information content (AvgIpc) is 2.23. The van der Waals surface area contributed by atoms with Gasteiger partial charge in [0.05, 0.1) is 0 Å². The first-order valence-corrected chi connectivity index (χ1v) is 7.77. The van der Waals surface area contributed by atoms with Crippen LogP contribution in [0.25, 0.3) is 0 Å². The number of carbonyl (C=O) groups excluding carboxylic acids is 1. The standard InChI is InChI=1S/C13H18O3S/c1-17(15,16)11-13(14)10-6-5-9-12-7-3-2-4-8-12/h2-4,7-8H,5-6,9-11H2,1H3. The monoisotopic (exact) mass is 254 g/mol. The molecule has 17 heavy (non-hydrogen) atoms. The lowest BCUT2D eigenvalue weighted by Crippen LogP contribution is -2.13. The molecule has 0 atom stereocenters. The predicted molar refractivity (Wildman–Crippen MR) is 68.7 cm³/mol. The van der Waals surface area contributed by atoms with Crippen LogP contribution in [0.5, 0.6) is 0 Å². The summed E-state index contributed by atoms with van der Waals surface area (Å²) in [5.74, 6) is -0.501. The maximum Gasteiger partial charge on any atom is 0.154 e. The summed E-state index contributed by atoms with van der Waals surface area (Å²) in [5.41, 5.74) is 1.25. The average molecular weight is 254 g/mol. The summed E-state index contributed by atoms with van der Waals surface area (Å²) in [6.07, 6.45) is 4.06. The van der Waals surface area contributed by atoms with Crippen molar-refractivity contribution in [2.75, 3.05) is 12.0 Å². The van der Waals surface area contributed by atoms with E-state index in [9.17, 15) is 13.2 Å². The number of carbonyl (C=O) groups is 1. The minimum atomic E-state index is -3.16. The van der Waals surface area contributed by atoms with E-state index in [1.807, 2.05) is 18.2 Å². The SMILES string of the molecule is CS(=O)(=O)CC(=O)CCCCc1ccccc1. The van der Waals surface area contributed by atoms with Gasteiger partial charge in [-0.3, -0.25) is 4.79 Å². The molecule has 0 unspecified atom stereocenters. The Kier molecular flexibility index (Phi) is 5.35. The Morgan fingerprint density at radius 3 is 2.35 bits per heavy atom. The molecule has 1 aromatic rings. The molecule has 0 radical (unpaired) electrons. The smallest absolute Gasteiger partial charge is 0.154 e. The summed E-state index contributed by atoms with van der Waals surface area (Å²) in [4.78, 5) is 11.3. The number of aryl methyl sites for hydroxylation is 1. The molecule has 4 heteroatoms. The Bertz CT molecular complexity index is 449. The third-order valence-corrected chi connectivity index (χ3v) is 3.28. The fourth-order valence-corrected chi connectivity index (χ4v) is 2.39. The highest BCUT2D eigenvalue weighted by atomic mass is 32.2. The van der Waals surface area contributed by atoms with Crippen molar-refractivity contribution < 1.29 is 13.2 Å². The van der Waals surface area contributed by atoms with E-state index in [0.29, 0.717) is 6.42 Å². The number of hydrogen-bond donors (Lipinski definition) is 0. The zero-order valence-corrected chi connectivity index (χ0v) is 10.9. The summed E-state index contributed by atoms with van der Waals surface area (Å²) in [6.45, 7) is 0. The van der Waals surface area contributed by atoms with Gasteiger partial charge in [-0.1, -0.05) is 30.3 Å². The van der Waals surface area contributed by atoms with E-state index < -0.39 is 9.84 Å². The predicted octanol–water partition coefficient (Wildman–Crippen LogP) is 2.01. The van der Waals surface area contributed by atoms with Gasteiger partial charge in [-0.25, -0.2) is 8.42 Å². The Morgan fingerprint density at radius 1 is 1.12 bits per heavy atom. The molecule has 94 valence electrons. The van der Waals surface area contributed by atoms with E-state index in [-0.39, 0.29) is 11.5 Å². The summed E-state index contributed by atoms with van der Waals surface area (Å²) in [6, 6.07) is 10.1. The van der Waals surface area contributed by atoms with Crippen LogP contribution in [0, 0.1) is 0 Å². The first-order chi connectivity index (χ1) is 7.97. The Labute approximate surface area is 103 Å². The van der Waals surface area contributed by atoms with Gasteiger partial charge in [0.25, 0.3) is 0 Å². The quantitative estimate of drug-likeness (QED) is 0.699. The second-order valence-corrected chi connectivity index (χ2v) is 6.44. The summed E-state index contributed by atoms with van der Waals surface area (Å²) < 4.78 is 21.8. The van der Waals surface area contributed by atoms with Gasteiger partial charge in [0, 0.05) is 12.7 Å². The fraction of sp³-hybridized carbons (Fsp3) is 0.462. The van der Waals surface area contributed by atoms with Crippen LogP contribution in [0.15, 0.2) is 30.3 Å². The molecule has 0 spiro atoms. The lowest BCUT2D eigenvalue weighted by atomic mass is 10.1. The second kappa shape index (κ2) is 6.55. The van der Waals surface area contributed by atoms with Gasteiger partial charge in [-0.05, 0) is 24.8 Å². The molecule has 0 aromatic heterocycles. The fourth-order valence-electron chi connectivity index (χ4n) is 1.66. The molecule has 0 aliphatic rings. The van der Waals surface area contributed by atoms with Crippen LogP contribution in [0.2, 0.25) is 0 Å². The van der Waals surface area contributed by atoms with Crippen molar-refractivity contribution in [1.82, 2.24) is 0 Å². The number of unbranched alkanes of at least 4 members (excludes halogenated alkanes) is 1. The molecule has 0 aliphatic heterocycles. The lowest BCUT2D eigenvalue weighted by molar-refractivity contribution is -0.116. The highest BCUT2D eigenvalue weighted by Crippen LogP contribution is 2.06. The Balaban J connectivity index is 2.19. The zero-order chi connectivity index (χ0) is 12.7. The normalized spacial score (nSPS) is 11.4. The van der Waals surface area contributed by atoms with Gasteiger partial charge < -0.3 is 0 Å². The largest absolute Gasteiger partial charge is 0.299 e. The van der Waals surface area contributed by atoms with Crippen molar-refractivity contribution in [2.24, 2.45) is 0 Å². The van der Waals surface area contributed by atoms with Crippen LogP contribution in [-0.2, 0) is 21.1 Å². The van der Waals surface area contributed by atoms with Crippen LogP contribution in [0.3, 0.4) is 0 Å². The molecule has 0 N–H and O–H groups in total. The first-order valence-electron chi connectivity index (χ1n) is 5.71. The number of Topliss-reactive ketones (excluding diaryl/α,β-unsaturated/α-hetero) is 1. The summed E-state index contributed by atoms with van der Waals surface area (Å²) in [5, 5.41) is 0. The number of benzene rings is 1. The molecular weight excluding hydrogens is 236 g/mol. The van der Waals surface area contributed by atoms with E-state index in [4.69, 9.17) is 0 Å². The highest BCUT2D eigenvalue weighted by molar-refractivity contribution is 7.91. The third-order valence-electron chi connectivity index (χ3n) is 2.44. The molecule has 0 saturated heterocycles. The van der Waals surface area contributed by atoms with E-state index >= 15 is 0 Å². The van der Waals surface area contributed by atoms with Crippen LogP contribution in [0.4, 0.5) is 0 Å². The van der Waals surface area contributed by atoms with E-state index in [2.05, 4.69) is 12.1 Å². The Morgan fingerprint density at radius 2 is 1.76 bits per heavy atom. The third kappa shape index (κ3) is 6.89. The molecule has 0 aliphatic carbocycles. The van der Waals surface area contributed by atoms with Crippen molar-refractivity contribution in [3.05, 3.63) is 35.9 Å². The first kappa shape index (κ1) is 13.9. The van der Waals surface area contributed by atoms with Crippen LogP contribution in [0.1, 0.15) is 24.8 Å². The molecule has 0 fully saturated rings. The second-order valence-electron chi connectivity index (χ2n) is 4.30. The summed E-state index contributed by atoms with van der Waals surface area (Å²) >= 11 is 0. The maximum atomic E-state index is 11.3. The van der Waals surface area contributed by atoms with Gasteiger partial charge in [-0.15, -0.1) is 0 Å². The minimum absolute atomic E-state index is 0.180. The molecule has 3 nitrogen and oxygen atoms in total. The van der Waals surface area contributed by atoms with E-state index in [1.54, 1.807) is 0 Å². The summed E-state index contributed by atoms with van der Waals surface area (Å²) in [7, 11) is -3.16. The van der Waals surface area contributed by atoms with Gasteiger partial charge in [0.1, 0.15) is 11.5 Å². The van der Waals surface area contributed by atoms with Crippen molar-refractivity contribution in [2.45, 2.75) is 25.7 Å². The number of ketones is 1. The topological polar surface area (TPSA) is 51.2 Å². The van der Waals surface area contributed by atoms with Crippen molar-refractivity contribution >= 4 is 15.6 Å². The molecule has 0 amide bonds. The van der Waals surface area contributed by atoms with Crippen molar-refractivity contribution in [1.29, 1.82) is 0 Å². The molecule has 1 rings (SSSR count). The molecule has 0 bridgehead atoms. The molecule has 0 heterocycles. The van der Waals surface area contributed by atoms with Crippen LogP contribution < -0.4 is 0 Å². The van der Waals surface area contributed by atoms with Crippen molar-refractivity contribution in [3.63, 3.8) is 0 Å². The molecular formula is C13H18O3S. The minimum Gasteiger partial charge on any atom is -0.299 e. The van der Waals surface area contributed by atoms with Crippen LogP contribution in [-0.4, -0.2) is 26.2 Å². The van der Waals surface area contributed by atoms with Crippen LogP contribution >= 0.6 is 0 Å².